The maximum absolute atomic E-state index is 5.03. The van der Waals surface area contributed by atoms with Gasteiger partial charge in [0.15, 0.2) is 11.7 Å². The topological polar surface area (TPSA) is 64.3 Å². The van der Waals surface area contributed by atoms with E-state index in [-0.39, 0.29) is 0 Å². The Bertz CT molecular complexity index is 658. The lowest BCUT2D eigenvalue weighted by atomic mass is 10.3. The van der Waals surface area contributed by atoms with Gasteiger partial charge in [-0.3, -0.25) is 0 Å². The summed E-state index contributed by atoms with van der Waals surface area (Å²) in [6.45, 7) is 3.69. The van der Waals surface area contributed by atoms with Crippen LogP contribution in [0.3, 0.4) is 0 Å². The first-order valence-corrected chi connectivity index (χ1v) is 6.59. The molecule has 0 spiro atoms. The lowest BCUT2D eigenvalue weighted by Crippen LogP contribution is -1.96. The molecule has 1 N–H and O–H groups in total. The Morgan fingerprint density at radius 3 is 2.67 bits per heavy atom. The highest BCUT2D eigenvalue weighted by atomic mass is 16.5. The van der Waals surface area contributed by atoms with Crippen molar-refractivity contribution in [2.24, 2.45) is 12.0 Å². The van der Waals surface area contributed by atoms with Crippen LogP contribution >= 0.6 is 0 Å². The summed E-state index contributed by atoms with van der Waals surface area (Å²) in [4.78, 5) is 8.71. The highest BCUT2D eigenvalue weighted by Crippen LogP contribution is 2.14. The van der Waals surface area contributed by atoms with Crippen LogP contribution < -0.4 is 5.32 Å². The van der Waals surface area contributed by atoms with Crippen molar-refractivity contribution in [2.45, 2.75) is 13.8 Å². The highest BCUT2D eigenvalue weighted by molar-refractivity contribution is 5.74. The van der Waals surface area contributed by atoms with Gasteiger partial charge in [0.25, 0.3) is 0 Å². The molecule has 1 aromatic carbocycles. The average molecular weight is 285 g/mol. The molecule has 0 amide bonds. The standard InChI is InChI=1S/C15H19N5O/c1-11(16-12(2)21-4)10-14-18-15(19-20(14)3)17-13-8-6-5-7-9-13/h5-10H,1-4H3,(H,17,19)/b11-10+,16-12?. The van der Waals surface area contributed by atoms with E-state index in [1.165, 1.54) is 0 Å². The molecule has 0 bridgehead atoms. The number of para-hydroxylation sites is 1. The van der Waals surface area contributed by atoms with E-state index >= 15 is 0 Å². The first-order chi connectivity index (χ1) is 10.1. The van der Waals surface area contributed by atoms with E-state index in [4.69, 9.17) is 4.74 Å². The molecule has 2 aromatic rings. The van der Waals surface area contributed by atoms with Crippen molar-refractivity contribution in [2.75, 3.05) is 12.4 Å². The van der Waals surface area contributed by atoms with Crippen LogP contribution in [0.5, 0.6) is 0 Å². The van der Waals surface area contributed by atoms with Gasteiger partial charge in [0, 0.05) is 31.4 Å². The summed E-state index contributed by atoms with van der Waals surface area (Å²) in [5.74, 6) is 1.88. The van der Waals surface area contributed by atoms with Gasteiger partial charge in [0.05, 0.1) is 7.11 Å². The smallest absolute Gasteiger partial charge is 0.247 e. The number of rotatable bonds is 4. The molecule has 0 aliphatic rings. The quantitative estimate of drug-likeness (QED) is 0.693. The second kappa shape index (κ2) is 6.69. The van der Waals surface area contributed by atoms with Crippen LogP contribution in [0.25, 0.3) is 6.08 Å². The molecule has 6 heteroatoms. The number of anilines is 2. The molecule has 0 saturated carbocycles. The minimum Gasteiger partial charge on any atom is -0.484 e. The van der Waals surface area contributed by atoms with Gasteiger partial charge in [-0.05, 0) is 19.1 Å². The fourth-order valence-electron chi connectivity index (χ4n) is 1.74. The molecule has 0 aliphatic heterocycles. The van der Waals surface area contributed by atoms with Crippen LogP contribution in [0.1, 0.15) is 19.7 Å². The Labute approximate surface area is 124 Å². The summed E-state index contributed by atoms with van der Waals surface area (Å²) in [7, 11) is 3.44. The molecule has 0 atom stereocenters. The highest BCUT2D eigenvalue weighted by Gasteiger charge is 2.05. The van der Waals surface area contributed by atoms with Crippen LogP contribution in [-0.2, 0) is 11.8 Å². The monoisotopic (exact) mass is 285 g/mol. The minimum absolute atomic E-state index is 0.551. The van der Waals surface area contributed by atoms with Crippen molar-refractivity contribution in [1.82, 2.24) is 14.8 Å². The van der Waals surface area contributed by atoms with Gasteiger partial charge >= 0.3 is 0 Å². The van der Waals surface area contributed by atoms with Gasteiger partial charge in [0.2, 0.25) is 5.95 Å². The number of benzene rings is 1. The number of aryl methyl sites for hydroxylation is 1. The summed E-state index contributed by atoms with van der Waals surface area (Å²) in [5, 5.41) is 7.49. The molecular weight excluding hydrogens is 266 g/mol. The van der Waals surface area contributed by atoms with Crippen molar-refractivity contribution in [3.8, 4) is 0 Å². The van der Waals surface area contributed by atoms with Crippen LogP contribution in [0.15, 0.2) is 41.0 Å². The number of hydrogen-bond donors (Lipinski definition) is 1. The molecule has 0 radical (unpaired) electrons. The van der Waals surface area contributed by atoms with Crippen molar-refractivity contribution >= 4 is 23.6 Å². The van der Waals surface area contributed by atoms with Crippen LogP contribution in [0, 0.1) is 0 Å². The van der Waals surface area contributed by atoms with E-state index in [1.54, 1.807) is 18.7 Å². The maximum atomic E-state index is 5.03. The SMILES string of the molecule is COC(C)=N/C(C)=C/c1nc(Nc2ccccc2)nn1C. The van der Waals surface area contributed by atoms with Crippen molar-refractivity contribution < 1.29 is 4.74 Å². The summed E-state index contributed by atoms with van der Waals surface area (Å²) in [6, 6.07) is 9.80. The number of nitrogens with one attached hydrogen (secondary N) is 1. The maximum Gasteiger partial charge on any atom is 0.247 e. The molecule has 21 heavy (non-hydrogen) atoms. The largest absolute Gasteiger partial charge is 0.484 e. The zero-order valence-electron chi connectivity index (χ0n) is 12.7. The second-order valence-corrected chi connectivity index (χ2v) is 4.53. The summed E-state index contributed by atoms with van der Waals surface area (Å²) < 4.78 is 6.73. The molecule has 6 nitrogen and oxygen atoms in total. The Kier molecular flexibility index (Phi) is 4.71. The molecule has 0 saturated heterocycles. The Morgan fingerprint density at radius 1 is 1.29 bits per heavy atom. The van der Waals surface area contributed by atoms with Crippen molar-refractivity contribution in [1.29, 1.82) is 0 Å². The summed E-state index contributed by atoms with van der Waals surface area (Å²) in [6.07, 6.45) is 1.85. The number of aromatic nitrogens is 3. The van der Waals surface area contributed by atoms with Gasteiger partial charge in [-0.1, -0.05) is 18.2 Å². The molecule has 2 rings (SSSR count). The number of nitrogens with zero attached hydrogens (tertiary/aromatic N) is 4. The summed E-state index contributed by atoms with van der Waals surface area (Å²) in [5.41, 5.74) is 1.75. The third-order valence-corrected chi connectivity index (χ3v) is 2.79. The third-order valence-electron chi connectivity index (χ3n) is 2.79. The predicted molar refractivity (Wildman–Crippen MR) is 84.5 cm³/mol. The number of hydrogen-bond acceptors (Lipinski definition) is 5. The number of aliphatic imine (C=N–C) groups is 1. The fraction of sp³-hybridized carbons (Fsp3) is 0.267. The predicted octanol–water partition coefficient (Wildman–Crippen LogP) is 2.98. The molecular formula is C15H19N5O. The first kappa shape index (κ1) is 14.8. The van der Waals surface area contributed by atoms with Gasteiger partial charge in [0.1, 0.15) is 0 Å². The molecule has 110 valence electrons. The van der Waals surface area contributed by atoms with E-state index < -0.39 is 0 Å². The summed E-state index contributed by atoms with van der Waals surface area (Å²) >= 11 is 0. The van der Waals surface area contributed by atoms with Crippen LogP contribution in [0.4, 0.5) is 11.6 Å². The Hall–Kier alpha value is -2.63. The second-order valence-electron chi connectivity index (χ2n) is 4.53. The molecule has 0 aliphatic carbocycles. The molecule has 1 aromatic heterocycles. The van der Waals surface area contributed by atoms with Crippen LogP contribution in [0.2, 0.25) is 0 Å². The average Bonchev–Trinajstić information content (AvgIpc) is 2.79. The zero-order chi connectivity index (χ0) is 15.2. The first-order valence-electron chi connectivity index (χ1n) is 6.59. The van der Waals surface area contributed by atoms with Gasteiger partial charge < -0.3 is 10.1 Å². The van der Waals surface area contributed by atoms with E-state index in [0.717, 1.165) is 17.2 Å². The van der Waals surface area contributed by atoms with Gasteiger partial charge in [-0.15, -0.1) is 5.10 Å². The van der Waals surface area contributed by atoms with Crippen molar-refractivity contribution in [3.05, 3.63) is 41.9 Å². The minimum atomic E-state index is 0.551. The molecule has 0 fully saturated rings. The molecule has 1 heterocycles. The van der Waals surface area contributed by atoms with E-state index in [2.05, 4.69) is 20.4 Å². The Morgan fingerprint density at radius 2 is 2.00 bits per heavy atom. The fourth-order valence-corrected chi connectivity index (χ4v) is 1.74. The van der Waals surface area contributed by atoms with E-state index in [0.29, 0.717) is 11.8 Å². The van der Waals surface area contributed by atoms with Gasteiger partial charge in [-0.25, -0.2) is 9.67 Å². The van der Waals surface area contributed by atoms with Gasteiger partial charge in [-0.2, -0.15) is 4.98 Å². The molecule has 0 unspecified atom stereocenters. The lowest BCUT2D eigenvalue weighted by molar-refractivity contribution is 0.399. The van der Waals surface area contributed by atoms with E-state index in [9.17, 15) is 0 Å². The number of methoxy groups -OCH3 is 1. The lowest BCUT2D eigenvalue weighted by Gasteiger charge is -1.99. The normalized spacial score (nSPS) is 12.4. The van der Waals surface area contributed by atoms with Crippen LogP contribution in [-0.4, -0.2) is 27.8 Å². The van der Waals surface area contributed by atoms with Crippen molar-refractivity contribution in [3.63, 3.8) is 0 Å². The third kappa shape index (κ3) is 4.17. The van der Waals surface area contributed by atoms with E-state index in [1.807, 2.05) is 50.4 Å². The Balaban J connectivity index is 2.18. The number of allylic oxidation sites excluding steroid dienone is 1. The number of ether oxygens (including phenoxy) is 1. The zero-order valence-corrected chi connectivity index (χ0v) is 12.7.